The normalized spacial score (nSPS) is 13.4. The molecule has 20 heavy (non-hydrogen) atoms. The molecule has 5 heteroatoms. The molecule has 1 amide bonds. The van der Waals surface area contributed by atoms with E-state index in [2.05, 4.69) is 5.32 Å². The fourth-order valence-electron chi connectivity index (χ4n) is 1.82. The molecule has 0 heterocycles. The first-order chi connectivity index (χ1) is 9.62. The lowest BCUT2D eigenvalue weighted by Crippen LogP contribution is -2.44. The number of hydrogen-bond acceptors (Lipinski definition) is 4. The molecule has 0 aliphatic carbocycles. The summed E-state index contributed by atoms with van der Waals surface area (Å²) in [6.07, 6.45) is 0.0226. The zero-order chi connectivity index (χ0) is 15.0. The highest BCUT2D eigenvalue weighted by molar-refractivity contribution is 5.81. The Labute approximate surface area is 120 Å². The maximum Gasteiger partial charge on any atom is 0.261 e. The lowest BCUT2D eigenvalue weighted by atomic mass is 10.2. The molecule has 2 atom stereocenters. The Bertz CT molecular complexity index is 422. The highest BCUT2D eigenvalue weighted by Gasteiger charge is 2.21. The van der Waals surface area contributed by atoms with E-state index in [1.807, 2.05) is 26.0 Å². The summed E-state index contributed by atoms with van der Waals surface area (Å²) in [5, 5.41) is 2.86. The number of ether oxygens (including phenoxy) is 3. The number of nitrogens with one attached hydrogen (secondary N) is 1. The van der Waals surface area contributed by atoms with Gasteiger partial charge in [0.25, 0.3) is 5.91 Å². The van der Waals surface area contributed by atoms with Crippen LogP contribution in [-0.2, 0) is 9.53 Å². The number of rotatable bonds is 8. The number of hydrogen-bond donors (Lipinski definition) is 1. The Morgan fingerprint density at radius 2 is 1.90 bits per heavy atom. The predicted molar refractivity (Wildman–Crippen MR) is 77.2 cm³/mol. The molecule has 0 radical (unpaired) electrons. The lowest BCUT2D eigenvalue weighted by molar-refractivity contribution is -0.129. The van der Waals surface area contributed by atoms with Crippen molar-refractivity contribution in [2.45, 2.75) is 32.4 Å². The van der Waals surface area contributed by atoms with Crippen LogP contribution >= 0.6 is 0 Å². The van der Waals surface area contributed by atoms with Crippen molar-refractivity contribution in [2.75, 3.05) is 20.8 Å². The number of para-hydroxylation sites is 2. The highest BCUT2D eigenvalue weighted by Crippen LogP contribution is 2.27. The van der Waals surface area contributed by atoms with Crippen LogP contribution in [0.5, 0.6) is 11.5 Å². The van der Waals surface area contributed by atoms with Crippen LogP contribution in [0, 0.1) is 0 Å². The highest BCUT2D eigenvalue weighted by atomic mass is 16.5. The van der Waals surface area contributed by atoms with E-state index in [-0.39, 0.29) is 11.9 Å². The molecule has 0 bridgehead atoms. The molecular formula is C15H23NO4. The van der Waals surface area contributed by atoms with Gasteiger partial charge in [-0.1, -0.05) is 19.1 Å². The third-order valence-electron chi connectivity index (χ3n) is 2.81. The van der Waals surface area contributed by atoms with Gasteiger partial charge >= 0.3 is 0 Å². The zero-order valence-electron chi connectivity index (χ0n) is 12.5. The minimum atomic E-state index is -0.550. The van der Waals surface area contributed by atoms with Crippen LogP contribution in [0.1, 0.15) is 20.3 Å². The first kappa shape index (κ1) is 16.3. The topological polar surface area (TPSA) is 56.8 Å². The summed E-state index contributed by atoms with van der Waals surface area (Å²) in [6, 6.07) is 7.23. The number of methoxy groups -OCH3 is 2. The summed E-state index contributed by atoms with van der Waals surface area (Å²) in [5.74, 6) is 1.03. The first-order valence-corrected chi connectivity index (χ1v) is 6.71. The second-order valence-corrected chi connectivity index (χ2v) is 4.53. The number of carbonyl (C=O) groups excluding carboxylic acids is 1. The van der Waals surface area contributed by atoms with Crippen molar-refractivity contribution >= 4 is 5.91 Å². The maximum atomic E-state index is 12.1. The van der Waals surface area contributed by atoms with Gasteiger partial charge in [0.05, 0.1) is 13.7 Å². The molecule has 5 nitrogen and oxygen atoms in total. The summed E-state index contributed by atoms with van der Waals surface area (Å²) in [6.45, 7) is 4.26. The van der Waals surface area contributed by atoms with Gasteiger partial charge in [0.1, 0.15) is 0 Å². The summed E-state index contributed by atoms with van der Waals surface area (Å²) < 4.78 is 16.0. The van der Waals surface area contributed by atoms with Crippen molar-refractivity contribution in [2.24, 2.45) is 0 Å². The van der Waals surface area contributed by atoms with Gasteiger partial charge in [-0.25, -0.2) is 0 Å². The lowest BCUT2D eigenvalue weighted by Gasteiger charge is -2.21. The largest absolute Gasteiger partial charge is 0.493 e. The molecule has 1 aromatic carbocycles. The van der Waals surface area contributed by atoms with E-state index in [9.17, 15) is 4.79 Å². The van der Waals surface area contributed by atoms with Gasteiger partial charge in [-0.3, -0.25) is 4.79 Å². The summed E-state index contributed by atoms with van der Waals surface area (Å²) in [4.78, 5) is 12.1. The van der Waals surface area contributed by atoms with Crippen LogP contribution in [0.3, 0.4) is 0 Å². The van der Waals surface area contributed by atoms with Gasteiger partial charge in [-0.05, 0) is 25.5 Å². The first-order valence-electron chi connectivity index (χ1n) is 6.71. The molecule has 0 saturated heterocycles. The van der Waals surface area contributed by atoms with Gasteiger partial charge in [-0.2, -0.15) is 0 Å². The van der Waals surface area contributed by atoms with E-state index < -0.39 is 6.10 Å². The van der Waals surface area contributed by atoms with Gasteiger partial charge in [-0.15, -0.1) is 0 Å². The molecule has 0 fully saturated rings. The molecule has 0 spiro atoms. The molecule has 0 saturated carbocycles. The Morgan fingerprint density at radius 3 is 2.45 bits per heavy atom. The molecule has 1 N–H and O–H groups in total. The fraction of sp³-hybridized carbons (Fsp3) is 0.533. The quantitative estimate of drug-likeness (QED) is 0.792. The molecule has 1 aromatic rings. The molecule has 112 valence electrons. The summed E-state index contributed by atoms with van der Waals surface area (Å²) >= 11 is 0. The van der Waals surface area contributed by atoms with Crippen molar-refractivity contribution in [3.8, 4) is 11.5 Å². The second-order valence-electron chi connectivity index (χ2n) is 4.53. The van der Waals surface area contributed by atoms with Gasteiger partial charge in [0.2, 0.25) is 0 Å². The SMILES string of the molecule is CC[C@H](Oc1ccccc1OC)C(=O)N[C@@H](C)COC. The Balaban J connectivity index is 2.68. The Morgan fingerprint density at radius 1 is 1.25 bits per heavy atom. The standard InChI is InChI=1S/C15H23NO4/c1-5-12(15(17)16-11(2)10-18-3)20-14-9-7-6-8-13(14)19-4/h6-9,11-12H,5,10H2,1-4H3,(H,16,17)/t11-,12-/m0/s1. The minimum Gasteiger partial charge on any atom is -0.493 e. The molecule has 0 aliphatic heterocycles. The molecule has 0 aromatic heterocycles. The Hall–Kier alpha value is -1.75. The average Bonchev–Trinajstić information content (AvgIpc) is 2.45. The van der Waals surface area contributed by atoms with E-state index in [4.69, 9.17) is 14.2 Å². The molecule has 0 unspecified atom stereocenters. The van der Waals surface area contributed by atoms with E-state index in [1.54, 1.807) is 26.4 Å². The minimum absolute atomic E-state index is 0.0529. The van der Waals surface area contributed by atoms with Crippen LogP contribution < -0.4 is 14.8 Å². The molecule has 0 aliphatic rings. The number of amides is 1. The van der Waals surface area contributed by atoms with E-state index in [0.717, 1.165) is 0 Å². The zero-order valence-corrected chi connectivity index (χ0v) is 12.5. The van der Waals surface area contributed by atoms with Crippen LogP contribution in [-0.4, -0.2) is 38.9 Å². The van der Waals surface area contributed by atoms with Gasteiger partial charge in [0, 0.05) is 13.2 Å². The Kier molecular flexibility index (Phi) is 6.87. The third kappa shape index (κ3) is 4.74. The van der Waals surface area contributed by atoms with Crippen LogP contribution in [0.15, 0.2) is 24.3 Å². The van der Waals surface area contributed by atoms with Gasteiger partial charge < -0.3 is 19.5 Å². The third-order valence-corrected chi connectivity index (χ3v) is 2.81. The smallest absolute Gasteiger partial charge is 0.261 e. The molecular weight excluding hydrogens is 258 g/mol. The maximum absolute atomic E-state index is 12.1. The average molecular weight is 281 g/mol. The molecule has 1 rings (SSSR count). The summed E-state index contributed by atoms with van der Waals surface area (Å²) in [5.41, 5.74) is 0. The van der Waals surface area contributed by atoms with Crippen LogP contribution in [0.4, 0.5) is 0 Å². The van der Waals surface area contributed by atoms with Gasteiger partial charge in [0.15, 0.2) is 17.6 Å². The predicted octanol–water partition coefficient (Wildman–Crippen LogP) is 2.00. The van der Waals surface area contributed by atoms with Crippen molar-refractivity contribution in [3.05, 3.63) is 24.3 Å². The summed E-state index contributed by atoms with van der Waals surface area (Å²) in [7, 11) is 3.18. The van der Waals surface area contributed by atoms with Crippen molar-refractivity contribution in [1.82, 2.24) is 5.32 Å². The van der Waals surface area contributed by atoms with Crippen molar-refractivity contribution < 1.29 is 19.0 Å². The number of carbonyl (C=O) groups is 1. The van der Waals surface area contributed by atoms with Crippen molar-refractivity contribution in [3.63, 3.8) is 0 Å². The second kappa shape index (κ2) is 8.43. The fourth-order valence-corrected chi connectivity index (χ4v) is 1.82. The van der Waals surface area contributed by atoms with Crippen LogP contribution in [0.25, 0.3) is 0 Å². The van der Waals surface area contributed by atoms with E-state index in [0.29, 0.717) is 24.5 Å². The van der Waals surface area contributed by atoms with E-state index in [1.165, 1.54) is 0 Å². The monoisotopic (exact) mass is 281 g/mol. The van der Waals surface area contributed by atoms with E-state index >= 15 is 0 Å². The van der Waals surface area contributed by atoms with Crippen molar-refractivity contribution in [1.29, 1.82) is 0 Å². The van der Waals surface area contributed by atoms with Crippen LogP contribution in [0.2, 0.25) is 0 Å². The number of benzene rings is 1.